The number of carbonyl (C=O) groups is 2. The van der Waals surface area contributed by atoms with E-state index in [-0.39, 0.29) is 11.9 Å². The van der Waals surface area contributed by atoms with Gasteiger partial charge in [-0.15, -0.1) is 0 Å². The summed E-state index contributed by atoms with van der Waals surface area (Å²) in [6, 6.07) is 11.1. The second kappa shape index (κ2) is 5.83. The maximum absolute atomic E-state index is 12.8. The van der Waals surface area contributed by atoms with Crippen molar-refractivity contribution >= 4 is 11.9 Å². The standard InChI is InChI=1S/C18H19N3O2/c1-13-3-5-15(6-4-13)18(2)16(22)21(17(23)20-18)12-9-14-7-10-19-11-8-14/h3-8,10-11H,9,12H2,1-2H3,(H,20,23)/t18-/m1/s1. The van der Waals surface area contributed by atoms with E-state index in [1.165, 1.54) is 4.90 Å². The van der Waals surface area contributed by atoms with Gasteiger partial charge < -0.3 is 5.32 Å². The van der Waals surface area contributed by atoms with Crippen molar-refractivity contribution in [1.82, 2.24) is 15.2 Å². The summed E-state index contributed by atoms with van der Waals surface area (Å²) >= 11 is 0. The number of pyridine rings is 1. The molecule has 0 radical (unpaired) electrons. The lowest BCUT2D eigenvalue weighted by Gasteiger charge is -2.22. The molecule has 5 heteroatoms. The Balaban J connectivity index is 1.78. The third kappa shape index (κ3) is 2.82. The highest BCUT2D eigenvalue weighted by Gasteiger charge is 2.48. The molecule has 0 aliphatic carbocycles. The summed E-state index contributed by atoms with van der Waals surface area (Å²) in [5, 5.41) is 2.83. The number of amides is 3. The molecule has 23 heavy (non-hydrogen) atoms. The molecule has 1 fully saturated rings. The average Bonchev–Trinajstić information content (AvgIpc) is 2.77. The van der Waals surface area contributed by atoms with Crippen molar-refractivity contribution in [2.75, 3.05) is 6.54 Å². The lowest BCUT2D eigenvalue weighted by Crippen LogP contribution is -2.41. The number of carbonyl (C=O) groups excluding carboxylic acids is 2. The fourth-order valence-corrected chi connectivity index (χ4v) is 2.77. The molecule has 5 nitrogen and oxygen atoms in total. The van der Waals surface area contributed by atoms with Gasteiger partial charge in [0.25, 0.3) is 5.91 Å². The first-order chi connectivity index (χ1) is 11.0. The molecule has 1 aliphatic rings. The molecule has 3 amide bonds. The van der Waals surface area contributed by atoms with Crippen LogP contribution < -0.4 is 5.32 Å². The van der Waals surface area contributed by atoms with E-state index in [1.54, 1.807) is 19.3 Å². The summed E-state index contributed by atoms with van der Waals surface area (Å²) < 4.78 is 0. The van der Waals surface area contributed by atoms with E-state index >= 15 is 0 Å². The van der Waals surface area contributed by atoms with E-state index in [1.807, 2.05) is 43.3 Å². The van der Waals surface area contributed by atoms with Gasteiger partial charge in [0.1, 0.15) is 5.54 Å². The Bertz CT molecular complexity index is 728. The molecule has 0 spiro atoms. The minimum absolute atomic E-state index is 0.208. The first-order valence-electron chi connectivity index (χ1n) is 7.61. The molecule has 1 aliphatic heterocycles. The van der Waals surface area contributed by atoms with Crippen molar-refractivity contribution in [3.8, 4) is 0 Å². The summed E-state index contributed by atoms with van der Waals surface area (Å²) in [6.07, 6.45) is 4.03. The van der Waals surface area contributed by atoms with Crippen molar-refractivity contribution in [3.05, 3.63) is 65.5 Å². The van der Waals surface area contributed by atoms with Crippen molar-refractivity contribution < 1.29 is 9.59 Å². The number of hydrogen-bond donors (Lipinski definition) is 1. The fraction of sp³-hybridized carbons (Fsp3) is 0.278. The van der Waals surface area contributed by atoms with E-state index in [2.05, 4.69) is 10.3 Å². The van der Waals surface area contributed by atoms with Crippen LogP contribution in [0.2, 0.25) is 0 Å². The topological polar surface area (TPSA) is 62.3 Å². The first kappa shape index (κ1) is 15.2. The molecule has 1 saturated heterocycles. The molecule has 0 saturated carbocycles. The summed E-state index contributed by atoms with van der Waals surface area (Å²) in [5.41, 5.74) is 1.96. The van der Waals surface area contributed by atoms with Crippen molar-refractivity contribution in [2.24, 2.45) is 0 Å². The van der Waals surface area contributed by atoms with E-state index in [0.717, 1.165) is 16.7 Å². The van der Waals surface area contributed by atoms with Gasteiger partial charge in [0.2, 0.25) is 0 Å². The minimum Gasteiger partial charge on any atom is -0.319 e. The third-order valence-corrected chi connectivity index (χ3v) is 4.28. The average molecular weight is 309 g/mol. The van der Waals surface area contributed by atoms with E-state index in [4.69, 9.17) is 0 Å². The van der Waals surface area contributed by atoms with Crippen LogP contribution in [-0.4, -0.2) is 28.4 Å². The van der Waals surface area contributed by atoms with Crippen LogP contribution in [0, 0.1) is 6.92 Å². The Morgan fingerprint density at radius 2 is 1.74 bits per heavy atom. The third-order valence-electron chi connectivity index (χ3n) is 4.28. The zero-order valence-electron chi connectivity index (χ0n) is 13.2. The molecular formula is C18H19N3O2. The molecule has 1 aromatic heterocycles. The van der Waals surface area contributed by atoms with Gasteiger partial charge in [0.15, 0.2) is 0 Å². The zero-order valence-corrected chi connectivity index (χ0v) is 13.2. The fourth-order valence-electron chi connectivity index (χ4n) is 2.77. The van der Waals surface area contributed by atoms with E-state index < -0.39 is 5.54 Å². The number of nitrogens with zero attached hydrogens (tertiary/aromatic N) is 2. The van der Waals surface area contributed by atoms with Crippen molar-refractivity contribution in [1.29, 1.82) is 0 Å². The van der Waals surface area contributed by atoms with Gasteiger partial charge in [0.05, 0.1) is 0 Å². The van der Waals surface area contributed by atoms with Gasteiger partial charge in [-0.25, -0.2) is 4.79 Å². The van der Waals surface area contributed by atoms with E-state index in [0.29, 0.717) is 13.0 Å². The number of rotatable bonds is 4. The van der Waals surface area contributed by atoms with Crippen LogP contribution in [0.4, 0.5) is 4.79 Å². The van der Waals surface area contributed by atoms with Crippen LogP contribution in [0.5, 0.6) is 0 Å². The summed E-state index contributed by atoms with van der Waals surface area (Å²) in [6.45, 7) is 4.10. The van der Waals surface area contributed by atoms with Crippen molar-refractivity contribution in [3.63, 3.8) is 0 Å². The van der Waals surface area contributed by atoms with Gasteiger partial charge in [-0.2, -0.15) is 0 Å². The Morgan fingerprint density at radius 3 is 2.39 bits per heavy atom. The molecule has 118 valence electrons. The monoisotopic (exact) mass is 309 g/mol. The Hall–Kier alpha value is -2.69. The zero-order chi connectivity index (χ0) is 16.4. The molecule has 1 aromatic carbocycles. The second-order valence-corrected chi connectivity index (χ2v) is 5.98. The molecule has 1 atom stereocenters. The summed E-state index contributed by atoms with van der Waals surface area (Å²) in [4.78, 5) is 30.3. The number of hydrogen-bond acceptors (Lipinski definition) is 3. The second-order valence-electron chi connectivity index (χ2n) is 5.98. The van der Waals surface area contributed by atoms with Crippen LogP contribution in [0.1, 0.15) is 23.6 Å². The van der Waals surface area contributed by atoms with Gasteiger partial charge in [-0.05, 0) is 43.5 Å². The maximum Gasteiger partial charge on any atom is 0.325 e. The Morgan fingerprint density at radius 1 is 1.09 bits per heavy atom. The van der Waals surface area contributed by atoms with Crippen LogP contribution in [-0.2, 0) is 16.8 Å². The first-order valence-corrected chi connectivity index (χ1v) is 7.61. The lowest BCUT2D eigenvalue weighted by molar-refractivity contribution is -0.131. The van der Waals surface area contributed by atoms with Gasteiger partial charge in [0, 0.05) is 18.9 Å². The predicted octanol–water partition coefficient (Wildman–Crippen LogP) is 2.40. The molecule has 2 aromatic rings. The number of nitrogens with one attached hydrogen (secondary N) is 1. The van der Waals surface area contributed by atoms with Crippen LogP contribution in [0.25, 0.3) is 0 Å². The van der Waals surface area contributed by atoms with Crippen LogP contribution in [0.3, 0.4) is 0 Å². The quantitative estimate of drug-likeness (QED) is 0.882. The lowest BCUT2D eigenvalue weighted by atomic mass is 9.91. The highest BCUT2D eigenvalue weighted by atomic mass is 16.2. The smallest absolute Gasteiger partial charge is 0.319 e. The highest BCUT2D eigenvalue weighted by molar-refractivity contribution is 6.07. The summed E-state index contributed by atoms with van der Waals surface area (Å²) in [5.74, 6) is -0.208. The normalized spacial score (nSPS) is 20.7. The molecule has 2 heterocycles. The number of urea groups is 1. The number of benzene rings is 1. The molecule has 0 bridgehead atoms. The van der Waals surface area contributed by atoms with Gasteiger partial charge in [-0.3, -0.25) is 14.7 Å². The molecule has 0 unspecified atom stereocenters. The predicted molar refractivity (Wildman–Crippen MR) is 86.7 cm³/mol. The number of aryl methyl sites for hydroxylation is 1. The maximum atomic E-state index is 12.8. The van der Waals surface area contributed by atoms with E-state index in [9.17, 15) is 9.59 Å². The molecule has 1 N–H and O–H groups in total. The SMILES string of the molecule is Cc1ccc([C@@]2(C)NC(=O)N(CCc3ccncc3)C2=O)cc1. The van der Waals surface area contributed by atoms with Crippen LogP contribution >= 0.6 is 0 Å². The largest absolute Gasteiger partial charge is 0.325 e. The molecular weight excluding hydrogens is 290 g/mol. The Kier molecular flexibility index (Phi) is 3.86. The highest BCUT2D eigenvalue weighted by Crippen LogP contribution is 2.29. The summed E-state index contributed by atoms with van der Waals surface area (Å²) in [7, 11) is 0. The minimum atomic E-state index is -0.997. The van der Waals surface area contributed by atoms with Gasteiger partial charge in [-0.1, -0.05) is 29.8 Å². The molecule has 3 rings (SSSR count). The Labute approximate surface area is 135 Å². The van der Waals surface area contributed by atoms with Crippen LogP contribution in [0.15, 0.2) is 48.8 Å². The number of aromatic nitrogens is 1. The number of imide groups is 1. The van der Waals surface area contributed by atoms with Crippen molar-refractivity contribution in [2.45, 2.75) is 25.8 Å². The van der Waals surface area contributed by atoms with Gasteiger partial charge >= 0.3 is 6.03 Å².